The number of rotatable bonds is 2. The molecule has 0 radical (unpaired) electrons. The first-order chi connectivity index (χ1) is 8.93. The average molecular weight is 233 g/mol. The van der Waals surface area contributed by atoms with E-state index in [1.54, 1.807) is 12.4 Å². The minimum Gasteiger partial charge on any atom is -0.264 e. The van der Waals surface area contributed by atoms with Gasteiger partial charge in [-0.05, 0) is 17.7 Å². The Morgan fingerprint density at radius 2 is 1.33 bits per heavy atom. The molecular weight excluding hydrogens is 222 g/mol. The number of benzene rings is 1. The van der Waals surface area contributed by atoms with Crippen molar-refractivity contribution in [2.24, 2.45) is 0 Å². The maximum atomic E-state index is 4.37. The Morgan fingerprint density at radius 3 is 2.00 bits per heavy atom. The summed E-state index contributed by atoms with van der Waals surface area (Å²) in [4.78, 5) is 12.8. The van der Waals surface area contributed by atoms with Gasteiger partial charge in [-0.3, -0.25) is 4.98 Å². The molecule has 0 saturated heterocycles. The lowest BCUT2D eigenvalue weighted by Gasteiger charge is -2.02. The van der Waals surface area contributed by atoms with E-state index in [9.17, 15) is 0 Å². The zero-order chi connectivity index (χ0) is 12.2. The Kier molecular flexibility index (Phi) is 2.80. The van der Waals surface area contributed by atoms with E-state index >= 15 is 0 Å². The molecule has 0 N–H and O–H groups in total. The van der Waals surface area contributed by atoms with Crippen molar-refractivity contribution in [1.82, 2.24) is 15.0 Å². The van der Waals surface area contributed by atoms with Gasteiger partial charge in [0.2, 0.25) is 0 Å². The van der Waals surface area contributed by atoms with Crippen LogP contribution in [0.1, 0.15) is 0 Å². The van der Waals surface area contributed by atoms with Crippen LogP contribution in [0.3, 0.4) is 0 Å². The van der Waals surface area contributed by atoms with E-state index in [0.717, 1.165) is 16.7 Å². The summed E-state index contributed by atoms with van der Waals surface area (Å²) in [6.07, 6.45) is 7.18. The van der Waals surface area contributed by atoms with Crippen LogP contribution in [0.2, 0.25) is 0 Å². The molecule has 0 unspecified atom stereocenters. The molecule has 0 bridgehead atoms. The fourth-order valence-electron chi connectivity index (χ4n) is 1.75. The number of aromatic nitrogens is 3. The van der Waals surface area contributed by atoms with Crippen LogP contribution in [0.5, 0.6) is 0 Å². The molecule has 3 heteroatoms. The van der Waals surface area contributed by atoms with Gasteiger partial charge in [-0.25, -0.2) is 9.97 Å². The van der Waals surface area contributed by atoms with E-state index in [1.165, 1.54) is 0 Å². The molecule has 0 amide bonds. The smallest absolute Gasteiger partial charge is 0.160 e. The lowest BCUT2D eigenvalue weighted by molar-refractivity contribution is 1.17. The quantitative estimate of drug-likeness (QED) is 0.682. The second-order valence-electron chi connectivity index (χ2n) is 3.90. The van der Waals surface area contributed by atoms with E-state index in [-0.39, 0.29) is 0 Å². The summed E-state index contributed by atoms with van der Waals surface area (Å²) < 4.78 is 0. The van der Waals surface area contributed by atoms with Crippen LogP contribution >= 0.6 is 0 Å². The summed E-state index contributed by atoms with van der Waals surface area (Å²) >= 11 is 0. The summed E-state index contributed by atoms with van der Waals surface area (Å²) in [6, 6.07) is 13.9. The van der Waals surface area contributed by atoms with Gasteiger partial charge in [0.25, 0.3) is 0 Å². The highest BCUT2D eigenvalue weighted by atomic mass is 14.9. The van der Waals surface area contributed by atoms with Gasteiger partial charge in [0.15, 0.2) is 5.82 Å². The van der Waals surface area contributed by atoms with Crippen LogP contribution in [0.25, 0.3) is 22.5 Å². The Morgan fingerprint density at radius 1 is 0.611 bits per heavy atom. The van der Waals surface area contributed by atoms with Crippen LogP contribution in [0.15, 0.2) is 67.3 Å². The summed E-state index contributed by atoms with van der Waals surface area (Å²) in [5.41, 5.74) is 3.07. The fourth-order valence-corrected chi connectivity index (χ4v) is 1.75. The van der Waals surface area contributed by atoms with E-state index in [4.69, 9.17) is 0 Å². The van der Waals surface area contributed by atoms with Crippen molar-refractivity contribution in [2.75, 3.05) is 0 Å². The van der Waals surface area contributed by atoms with Crippen LogP contribution in [-0.4, -0.2) is 15.0 Å². The summed E-state index contributed by atoms with van der Waals surface area (Å²) in [5.74, 6) is 0.697. The molecule has 18 heavy (non-hydrogen) atoms. The lowest BCUT2D eigenvalue weighted by Crippen LogP contribution is -1.90. The van der Waals surface area contributed by atoms with Crippen molar-refractivity contribution in [1.29, 1.82) is 0 Å². The molecule has 0 aliphatic heterocycles. The fraction of sp³-hybridized carbons (Fsp3) is 0. The first kappa shape index (κ1) is 10.6. The van der Waals surface area contributed by atoms with E-state index in [1.807, 2.05) is 54.9 Å². The zero-order valence-electron chi connectivity index (χ0n) is 9.69. The standard InChI is InChI=1S/C15H11N3/c1-2-5-12(6-3-1)14-10-17-15(18-11-14)13-7-4-8-16-9-13/h1-11H. The topological polar surface area (TPSA) is 38.7 Å². The molecule has 86 valence electrons. The SMILES string of the molecule is c1ccc(-c2cnc(-c3cccnc3)nc2)cc1. The molecular formula is C15H11N3. The Bertz CT molecular complexity index is 560. The van der Waals surface area contributed by atoms with Gasteiger partial charge in [-0.15, -0.1) is 0 Å². The molecule has 0 saturated carbocycles. The molecule has 3 rings (SSSR count). The normalized spacial score (nSPS) is 10.2. The molecule has 0 fully saturated rings. The highest BCUT2D eigenvalue weighted by Crippen LogP contribution is 2.19. The molecule has 0 atom stereocenters. The van der Waals surface area contributed by atoms with Gasteiger partial charge in [0.1, 0.15) is 0 Å². The number of hydrogen-bond donors (Lipinski definition) is 0. The van der Waals surface area contributed by atoms with Crippen LogP contribution in [-0.2, 0) is 0 Å². The van der Waals surface area contributed by atoms with Gasteiger partial charge in [-0.1, -0.05) is 30.3 Å². The molecule has 2 aromatic heterocycles. The molecule has 1 aromatic carbocycles. The monoisotopic (exact) mass is 233 g/mol. The second-order valence-corrected chi connectivity index (χ2v) is 3.90. The van der Waals surface area contributed by atoms with Crippen LogP contribution in [0.4, 0.5) is 0 Å². The molecule has 3 nitrogen and oxygen atoms in total. The molecule has 0 spiro atoms. The van der Waals surface area contributed by atoms with Crippen molar-refractivity contribution in [3.8, 4) is 22.5 Å². The third kappa shape index (κ3) is 2.11. The Labute approximate surface area is 105 Å². The minimum atomic E-state index is 0.697. The second kappa shape index (κ2) is 4.75. The van der Waals surface area contributed by atoms with Crippen molar-refractivity contribution < 1.29 is 0 Å². The number of hydrogen-bond acceptors (Lipinski definition) is 3. The molecule has 0 aliphatic rings. The summed E-state index contributed by atoms with van der Waals surface area (Å²) in [6.45, 7) is 0. The van der Waals surface area contributed by atoms with Crippen LogP contribution in [0, 0.1) is 0 Å². The predicted molar refractivity (Wildman–Crippen MR) is 70.7 cm³/mol. The van der Waals surface area contributed by atoms with E-state index in [0.29, 0.717) is 5.82 Å². The first-order valence-electron chi connectivity index (χ1n) is 5.71. The van der Waals surface area contributed by atoms with Gasteiger partial charge in [0.05, 0.1) is 0 Å². The third-order valence-corrected chi connectivity index (χ3v) is 2.68. The maximum Gasteiger partial charge on any atom is 0.160 e. The molecule has 0 aliphatic carbocycles. The van der Waals surface area contributed by atoms with Gasteiger partial charge in [0, 0.05) is 35.9 Å². The Balaban J connectivity index is 1.95. The van der Waals surface area contributed by atoms with Crippen molar-refractivity contribution in [3.63, 3.8) is 0 Å². The van der Waals surface area contributed by atoms with E-state index in [2.05, 4.69) is 15.0 Å². The van der Waals surface area contributed by atoms with Crippen molar-refractivity contribution >= 4 is 0 Å². The van der Waals surface area contributed by atoms with Gasteiger partial charge >= 0.3 is 0 Å². The number of nitrogens with zero attached hydrogens (tertiary/aromatic N) is 3. The Hall–Kier alpha value is -2.55. The van der Waals surface area contributed by atoms with Crippen LogP contribution < -0.4 is 0 Å². The number of pyridine rings is 1. The molecule has 2 heterocycles. The average Bonchev–Trinajstić information content (AvgIpc) is 2.49. The van der Waals surface area contributed by atoms with E-state index < -0.39 is 0 Å². The predicted octanol–water partition coefficient (Wildman–Crippen LogP) is 3.21. The zero-order valence-corrected chi connectivity index (χ0v) is 9.69. The highest BCUT2D eigenvalue weighted by molar-refractivity contribution is 5.63. The maximum absolute atomic E-state index is 4.37. The minimum absolute atomic E-state index is 0.697. The van der Waals surface area contributed by atoms with Gasteiger partial charge in [-0.2, -0.15) is 0 Å². The van der Waals surface area contributed by atoms with Crippen molar-refractivity contribution in [2.45, 2.75) is 0 Å². The van der Waals surface area contributed by atoms with Gasteiger partial charge < -0.3 is 0 Å². The first-order valence-corrected chi connectivity index (χ1v) is 5.71. The molecule has 3 aromatic rings. The van der Waals surface area contributed by atoms with Crippen molar-refractivity contribution in [3.05, 3.63) is 67.3 Å². The lowest BCUT2D eigenvalue weighted by atomic mass is 10.1. The summed E-state index contributed by atoms with van der Waals surface area (Å²) in [5, 5.41) is 0. The summed E-state index contributed by atoms with van der Waals surface area (Å²) in [7, 11) is 0. The highest BCUT2D eigenvalue weighted by Gasteiger charge is 2.02. The third-order valence-electron chi connectivity index (χ3n) is 2.68. The largest absolute Gasteiger partial charge is 0.264 e.